The number of carbonyl (C=O) groups is 2. The van der Waals surface area contributed by atoms with Gasteiger partial charge in [0.25, 0.3) is 11.7 Å². The first-order chi connectivity index (χ1) is 16.1. The number of aryl methyl sites for hydroxylation is 1. The quantitative estimate of drug-likeness (QED) is 0.265. The number of ketones is 1. The number of anilines is 1. The van der Waals surface area contributed by atoms with Crippen molar-refractivity contribution in [2.24, 2.45) is 0 Å². The van der Waals surface area contributed by atoms with Gasteiger partial charge in [0.05, 0.1) is 11.6 Å². The molecule has 1 aliphatic rings. The Kier molecular flexibility index (Phi) is 6.18. The van der Waals surface area contributed by atoms with E-state index < -0.39 is 35.6 Å². The van der Waals surface area contributed by atoms with E-state index in [4.69, 9.17) is 0 Å². The monoisotopic (exact) mass is 532 g/mol. The smallest absolute Gasteiger partial charge is 0.507 e. The van der Waals surface area contributed by atoms with Gasteiger partial charge in [0, 0.05) is 34.2 Å². The second-order valence-corrected chi connectivity index (χ2v) is 8.31. The number of halogens is 4. The molecule has 1 N–H and O–H groups in total. The van der Waals surface area contributed by atoms with Gasteiger partial charge < -0.3 is 9.84 Å². The van der Waals surface area contributed by atoms with Crippen molar-refractivity contribution in [3.05, 3.63) is 93.7 Å². The maximum atomic E-state index is 13.1. The van der Waals surface area contributed by atoms with Crippen LogP contribution in [0.15, 0.2) is 77.0 Å². The van der Waals surface area contributed by atoms with E-state index in [1.54, 1.807) is 37.3 Å². The Balaban J connectivity index is 1.90. The van der Waals surface area contributed by atoms with Gasteiger partial charge in [-0.25, -0.2) is 0 Å². The van der Waals surface area contributed by atoms with Gasteiger partial charge in [-0.2, -0.15) is 0 Å². The fraction of sp³-hybridized carbons (Fsp3) is 0.125. The van der Waals surface area contributed by atoms with Crippen LogP contribution < -0.4 is 9.64 Å². The minimum absolute atomic E-state index is 0.00306. The Hall–Kier alpha value is -3.66. The van der Waals surface area contributed by atoms with E-state index in [1.807, 2.05) is 0 Å². The maximum absolute atomic E-state index is 13.1. The molecular weight excluding hydrogens is 517 g/mol. The molecule has 3 aromatic rings. The van der Waals surface area contributed by atoms with E-state index in [0.29, 0.717) is 11.1 Å². The van der Waals surface area contributed by atoms with Crippen LogP contribution in [0.1, 0.15) is 22.7 Å². The van der Waals surface area contributed by atoms with E-state index in [0.717, 1.165) is 27.1 Å². The van der Waals surface area contributed by atoms with Gasteiger partial charge in [-0.1, -0.05) is 28.1 Å². The number of rotatable bonds is 4. The van der Waals surface area contributed by atoms with E-state index in [1.165, 1.54) is 24.5 Å². The lowest BCUT2D eigenvalue weighted by Crippen LogP contribution is -2.29. The summed E-state index contributed by atoms with van der Waals surface area (Å²) in [6, 6.07) is 11.7. The van der Waals surface area contributed by atoms with Crippen molar-refractivity contribution in [2.75, 3.05) is 4.90 Å². The fourth-order valence-corrected chi connectivity index (χ4v) is 3.98. The average molecular weight is 533 g/mol. The third-order valence-corrected chi connectivity index (χ3v) is 6.12. The molecule has 1 aromatic heterocycles. The van der Waals surface area contributed by atoms with Gasteiger partial charge in [-0.05, 0) is 54.4 Å². The Morgan fingerprint density at radius 3 is 2.44 bits per heavy atom. The van der Waals surface area contributed by atoms with Crippen molar-refractivity contribution < 1.29 is 32.6 Å². The molecule has 1 atom stereocenters. The van der Waals surface area contributed by atoms with Crippen LogP contribution in [0.25, 0.3) is 5.76 Å². The molecule has 2 aromatic carbocycles. The first kappa shape index (κ1) is 23.5. The van der Waals surface area contributed by atoms with Crippen molar-refractivity contribution in [3.63, 3.8) is 0 Å². The Bertz CT molecular complexity index is 1310. The summed E-state index contributed by atoms with van der Waals surface area (Å²) in [7, 11) is 0. The molecule has 10 heteroatoms. The number of Topliss-reactive ketones (excluding diaryl/α,β-unsaturated/α-hetero) is 1. The number of nitrogens with zero attached hydrogens (tertiary/aromatic N) is 2. The van der Waals surface area contributed by atoms with Gasteiger partial charge in [-0.15, -0.1) is 13.2 Å². The highest BCUT2D eigenvalue weighted by atomic mass is 79.9. The van der Waals surface area contributed by atoms with Crippen LogP contribution >= 0.6 is 15.9 Å². The van der Waals surface area contributed by atoms with Crippen molar-refractivity contribution >= 4 is 39.1 Å². The molecule has 1 fully saturated rings. The zero-order chi connectivity index (χ0) is 24.6. The normalized spacial score (nSPS) is 17.8. The van der Waals surface area contributed by atoms with Crippen molar-refractivity contribution in [1.82, 2.24) is 4.98 Å². The molecule has 1 aliphatic heterocycles. The molecule has 0 radical (unpaired) electrons. The standard InChI is InChI=1S/C24H16BrF3N2O4/c1-13-11-15(5-6-18(13)25)21(31)19-20(14-7-9-29-10-8-14)30(23(33)22(19)32)16-3-2-4-17(12-16)34-24(26,27)28/h2-12,20,31H,1H3/b21-19+. The molecule has 6 nitrogen and oxygen atoms in total. The number of aliphatic hydroxyl groups is 1. The molecule has 0 saturated carbocycles. The summed E-state index contributed by atoms with van der Waals surface area (Å²) < 4.78 is 43.0. The van der Waals surface area contributed by atoms with E-state index >= 15 is 0 Å². The van der Waals surface area contributed by atoms with E-state index in [9.17, 15) is 27.9 Å². The van der Waals surface area contributed by atoms with Gasteiger partial charge in [0.15, 0.2) is 0 Å². The summed E-state index contributed by atoms with van der Waals surface area (Å²) in [6.07, 6.45) is -2.04. The second-order valence-electron chi connectivity index (χ2n) is 7.46. The summed E-state index contributed by atoms with van der Waals surface area (Å²) in [6.45, 7) is 1.80. The lowest BCUT2D eigenvalue weighted by atomic mass is 9.95. The summed E-state index contributed by atoms with van der Waals surface area (Å²) in [4.78, 5) is 31.2. The Morgan fingerprint density at radius 2 is 1.79 bits per heavy atom. The summed E-state index contributed by atoms with van der Waals surface area (Å²) in [5.41, 5.74) is 1.34. The zero-order valence-corrected chi connectivity index (χ0v) is 19.1. The molecule has 174 valence electrons. The van der Waals surface area contributed by atoms with Gasteiger partial charge >= 0.3 is 6.36 Å². The van der Waals surface area contributed by atoms with Gasteiger partial charge in [0.1, 0.15) is 11.5 Å². The molecule has 0 bridgehead atoms. The molecule has 0 aliphatic carbocycles. The number of aliphatic hydroxyl groups excluding tert-OH is 1. The summed E-state index contributed by atoms with van der Waals surface area (Å²) in [5.74, 6) is -2.92. The first-order valence-electron chi connectivity index (χ1n) is 9.90. The van der Waals surface area contributed by atoms with Crippen molar-refractivity contribution in [2.45, 2.75) is 19.3 Å². The largest absolute Gasteiger partial charge is 0.573 e. The second kappa shape index (κ2) is 8.94. The van der Waals surface area contributed by atoms with Crippen molar-refractivity contribution in [1.29, 1.82) is 0 Å². The number of alkyl halides is 3. The molecule has 1 unspecified atom stereocenters. The number of pyridine rings is 1. The SMILES string of the molecule is Cc1cc(/C(O)=C2\C(=O)C(=O)N(c3cccc(OC(F)(F)F)c3)C2c2ccncc2)ccc1Br. The summed E-state index contributed by atoms with van der Waals surface area (Å²) in [5, 5.41) is 11.1. The van der Waals surface area contributed by atoms with Crippen LogP contribution in [0.4, 0.5) is 18.9 Å². The predicted molar refractivity (Wildman–Crippen MR) is 121 cm³/mol. The van der Waals surface area contributed by atoms with E-state index in [-0.39, 0.29) is 11.3 Å². The van der Waals surface area contributed by atoms with Crippen LogP contribution in [-0.2, 0) is 9.59 Å². The number of ether oxygens (including phenoxy) is 1. The Labute approximate surface area is 200 Å². The average Bonchev–Trinajstić information content (AvgIpc) is 3.05. The minimum Gasteiger partial charge on any atom is -0.507 e. The maximum Gasteiger partial charge on any atom is 0.573 e. The van der Waals surface area contributed by atoms with Crippen LogP contribution in [0.2, 0.25) is 0 Å². The highest BCUT2D eigenvalue weighted by Gasteiger charge is 2.47. The number of hydrogen-bond donors (Lipinski definition) is 1. The molecule has 1 amide bonds. The zero-order valence-electron chi connectivity index (χ0n) is 17.5. The number of benzene rings is 2. The summed E-state index contributed by atoms with van der Waals surface area (Å²) >= 11 is 3.37. The topological polar surface area (TPSA) is 79.7 Å². The Morgan fingerprint density at radius 1 is 1.09 bits per heavy atom. The minimum atomic E-state index is -4.93. The van der Waals surface area contributed by atoms with Crippen LogP contribution in [0, 0.1) is 6.92 Å². The number of carbonyl (C=O) groups excluding carboxylic acids is 2. The third kappa shape index (κ3) is 4.54. The predicted octanol–water partition coefficient (Wildman–Crippen LogP) is 5.68. The van der Waals surface area contributed by atoms with Gasteiger partial charge in [-0.3, -0.25) is 19.5 Å². The van der Waals surface area contributed by atoms with Crippen LogP contribution in [0.3, 0.4) is 0 Å². The molecular formula is C24H16BrF3N2O4. The molecule has 1 saturated heterocycles. The number of aromatic nitrogens is 1. The van der Waals surface area contributed by atoms with E-state index in [2.05, 4.69) is 25.7 Å². The molecule has 4 rings (SSSR count). The van der Waals surface area contributed by atoms with Crippen LogP contribution in [-0.4, -0.2) is 28.1 Å². The lowest BCUT2D eigenvalue weighted by molar-refractivity contribution is -0.274. The highest BCUT2D eigenvalue weighted by molar-refractivity contribution is 9.10. The third-order valence-electron chi connectivity index (χ3n) is 5.23. The molecule has 2 heterocycles. The van der Waals surface area contributed by atoms with Gasteiger partial charge in [0.2, 0.25) is 0 Å². The fourth-order valence-electron chi connectivity index (χ4n) is 3.74. The number of hydrogen-bond acceptors (Lipinski definition) is 5. The highest BCUT2D eigenvalue weighted by Crippen LogP contribution is 2.43. The van der Waals surface area contributed by atoms with Crippen LogP contribution in [0.5, 0.6) is 5.75 Å². The molecule has 0 spiro atoms. The van der Waals surface area contributed by atoms with Crippen molar-refractivity contribution in [3.8, 4) is 5.75 Å². The number of amides is 1. The lowest BCUT2D eigenvalue weighted by Gasteiger charge is -2.25. The molecule has 34 heavy (non-hydrogen) atoms. The first-order valence-corrected chi connectivity index (χ1v) is 10.7.